The van der Waals surface area contributed by atoms with Gasteiger partial charge in [-0.05, 0) is 35.9 Å². The Morgan fingerprint density at radius 3 is 2.71 bits per heavy atom. The molecule has 0 spiro atoms. The van der Waals surface area contributed by atoms with E-state index in [4.69, 9.17) is 0 Å². The van der Waals surface area contributed by atoms with Crippen molar-refractivity contribution in [2.45, 2.75) is 45.4 Å². The smallest absolute Gasteiger partial charge is 0.0346 e. The molecular weight excluding hydrogens is 206 g/mol. The van der Waals surface area contributed by atoms with E-state index in [-0.39, 0.29) is 0 Å². The SMILES string of the molecule is CCCCCCCc1ccc2ccncc2c1. The van der Waals surface area contributed by atoms with Gasteiger partial charge >= 0.3 is 0 Å². The van der Waals surface area contributed by atoms with Gasteiger partial charge in [0.15, 0.2) is 0 Å². The number of unbranched alkanes of at least 4 members (excludes halogenated alkanes) is 4. The first-order valence-electron chi connectivity index (χ1n) is 6.73. The van der Waals surface area contributed by atoms with Gasteiger partial charge in [0.1, 0.15) is 0 Å². The minimum Gasteiger partial charge on any atom is -0.264 e. The van der Waals surface area contributed by atoms with Crippen molar-refractivity contribution >= 4 is 10.8 Å². The normalized spacial score (nSPS) is 10.9. The van der Waals surface area contributed by atoms with Crippen LogP contribution in [0.5, 0.6) is 0 Å². The van der Waals surface area contributed by atoms with Gasteiger partial charge in [0.25, 0.3) is 0 Å². The minimum absolute atomic E-state index is 1.20. The van der Waals surface area contributed by atoms with Crippen LogP contribution in [0.25, 0.3) is 10.8 Å². The van der Waals surface area contributed by atoms with E-state index < -0.39 is 0 Å². The van der Waals surface area contributed by atoms with E-state index in [1.165, 1.54) is 54.9 Å². The number of hydrogen-bond donors (Lipinski definition) is 0. The summed E-state index contributed by atoms with van der Waals surface area (Å²) in [6.07, 6.45) is 11.8. The molecule has 0 amide bonds. The molecule has 2 rings (SSSR count). The van der Waals surface area contributed by atoms with E-state index >= 15 is 0 Å². The molecule has 1 heteroatoms. The number of nitrogens with zero attached hydrogens (tertiary/aromatic N) is 1. The maximum Gasteiger partial charge on any atom is 0.0346 e. The van der Waals surface area contributed by atoms with Crippen molar-refractivity contribution in [3.8, 4) is 0 Å². The lowest BCUT2D eigenvalue weighted by Crippen LogP contribution is -1.87. The molecule has 0 saturated carbocycles. The Morgan fingerprint density at radius 2 is 1.82 bits per heavy atom. The Bertz CT molecular complexity index is 462. The third-order valence-corrected chi connectivity index (χ3v) is 3.27. The molecule has 0 atom stereocenters. The highest BCUT2D eigenvalue weighted by Gasteiger charge is 1.97. The summed E-state index contributed by atoms with van der Waals surface area (Å²) in [4.78, 5) is 4.17. The van der Waals surface area contributed by atoms with Gasteiger partial charge in [-0.15, -0.1) is 0 Å². The molecular formula is C16H21N. The van der Waals surface area contributed by atoms with Gasteiger partial charge in [-0.25, -0.2) is 0 Å². The maximum atomic E-state index is 4.17. The van der Waals surface area contributed by atoms with Gasteiger partial charge in [0, 0.05) is 17.8 Å². The summed E-state index contributed by atoms with van der Waals surface area (Å²) in [7, 11) is 0. The van der Waals surface area contributed by atoms with Crippen LogP contribution in [-0.4, -0.2) is 4.98 Å². The zero-order chi connectivity index (χ0) is 11.9. The third-order valence-electron chi connectivity index (χ3n) is 3.27. The van der Waals surface area contributed by atoms with Crippen molar-refractivity contribution < 1.29 is 0 Å². The highest BCUT2D eigenvalue weighted by atomic mass is 14.6. The molecule has 0 bridgehead atoms. The lowest BCUT2D eigenvalue weighted by molar-refractivity contribution is 0.632. The number of hydrogen-bond acceptors (Lipinski definition) is 1. The molecule has 0 saturated heterocycles. The van der Waals surface area contributed by atoms with Crippen molar-refractivity contribution in [2.75, 3.05) is 0 Å². The van der Waals surface area contributed by atoms with Gasteiger partial charge < -0.3 is 0 Å². The molecule has 1 aromatic heterocycles. The summed E-state index contributed by atoms with van der Waals surface area (Å²) in [5.41, 5.74) is 1.45. The molecule has 0 aliphatic rings. The summed E-state index contributed by atoms with van der Waals surface area (Å²) >= 11 is 0. The molecule has 0 radical (unpaired) electrons. The average molecular weight is 227 g/mol. The van der Waals surface area contributed by atoms with Crippen LogP contribution in [0.3, 0.4) is 0 Å². The van der Waals surface area contributed by atoms with Crippen LogP contribution in [0.15, 0.2) is 36.7 Å². The number of pyridine rings is 1. The molecule has 17 heavy (non-hydrogen) atoms. The number of aryl methyl sites for hydroxylation is 1. The predicted molar refractivity (Wildman–Crippen MR) is 74.2 cm³/mol. The highest BCUT2D eigenvalue weighted by molar-refractivity contribution is 5.81. The number of benzene rings is 1. The molecule has 90 valence electrons. The van der Waals surface area contributed by atoms with E-state index in [1.807, 2.05) is 12.4 Å². The quantitative estimate of drug-likeness (QED) is 0.649. The zero-order valence-corrected chi connectivity index (χ0v) is 10.7. The fourth-order valence-corrected chi connectivity index (χ4v) is 2.22. The molecule has 1 aromatic carbocycles. The number of rotatable bonds is 6. The summed E-state index contributed by atoms with van der Waals surface area (Å²) < 4.78 is 0. The van der Waals surface area contributed by atoms with Gasteiger partial charge in [0.2, 0.25) is 0 Å². The summed E-state index contributed by atoms with van der Waals surface area (Å²) in [5, 5.41) is 2.55. The van der Waals surface area contributed by atoms with Crippen molar-refractivity contribution in [3.05, 3.63) is 42.2 Å². The van der Waals surface area contributed by atoms with Crippen LogP contribution in [0, 0.1) is 0 Å². The van der Waals surface area contributed by atoms with Gasteiger partial charge in [-0.2, -0.15) is 0 Å². The van der Waals surface area contributed by atoms with Crippen molar-refractivity contribution in [3.63, 3.8) is 0 Å². The van der Waals surface area contributed by atoms with Crippen LogP contribution < -0.4 is 0 Å². The topological polar surface area (TPSA) is 12.9 Å². The summed E-state index contributed by atoms with van der Waals surface area (Å²) in [6.45, 7) is 2.26. The molecule has 0 unspecified atom stereocenters. The lowest BCUT2D eigenvalue weighted by atomic mass is 10.0. The maximum absolute atomic E-state index is 4.17. The highest BCUT2D eigenvalue weighted by Crippen LogP contribution is 2.16. The van der Waals surface area contributed by atoms with E-state index in [0.717, 1.165) is 0 Å². The molecule has 0 N–H and O–H groups in total. The average Bonchev–Trinajstić information content (AvgIpc) is 2.38. The molecule has 1 heterocycles. The Labute approximate surface area is 104 Å². The fourth-order valence-electron chi connectivity index (χ4n) is 2.22. The van der Waals surface area contributed by atoms with Crippen LogP contribution in [0.2, 0.25) is 0 Å². The molecule has 0 aliphatic carbocycles. The van der Waals surface area contributed by atoms with Crippen LogP contribution >= 0.6 is 0 Å². The van der Waals surface area contributed by atoms with E-state index in [0.29, 0.717) is 0 Å². The van der Waals surface area contributed by atoms with E-state index in [9.17, 15) is 0 Å². The number of fused-ring (bicyclic) bond motifs is 1. The summed E-state index contributed by atoms with van der Waals surface area (Å²) in [6, 6.07) is 8.81. The lowest BCUT2D eigenvalue weighted by Gasteiger charge is -2.03. The monoisotopic (exact) mass is 227 g/mol. The van der Waals surface area contributed by atoms with E-state index in [2.05, 4.69) is 36.2 Å². The number of aromatic nitrogens is 1. The molecule has 0 fully saturated rings. The van der Waals surface area contributed by atoms with Crippen LogP contribution in [-0.2, 0) is 6.42 Å². The Kier molecular flexibility index (Phi) is 4.54. The fraction of sp³-hybridized carbons (Fsp3) is 0.438. The Balaban J connectivity index is 1.90. The first-order chi connectivity index (χ1) is 8.40. The van der Waals surface area contributed by atoms with Gasteiger partial charge in [0.05, 0.1) is 0 Å². The Morgan fingerprint density at radius 1 is 0.941 bits per heavy atom. The van der Waals surface area contributed by atoms with Crippen molar-refractivity contribution in [1.29, 1.82) is 0 Å². The molecule has 2 aromatic rings. The van der Waals surface area contributed by atoms with Crippen molar-refractivity contribution in [2.24, 2.45) is 0 Å². The van der Waals surface area contributed by atoms with Crippen LogP contribution in [0.4, 0.5) is 0 Å². The second-order valence-corrected chi connectivity index (χ2v) is 4.72. The Hall–Kier alpha value is -1.37. The van der Waals surface area contributed by atoms with E-state index in [1.54, 1.807) is 0 Å². The first kappa shape index (κ1) is 12.1. The van der Waals surface area contributed by atoms with Gasteiger partial charge in [-0.3, -0.25) is 4.98 Å². The van der Waals surface area contributed by atoms with Gasteiger partial charge in [-0.1, -0.05) is 44.7 Å². The molecule has 0 aliphatic heterocycles. The minimum atomic E-state index is 1.20. The predicted octanol–water partition coefficient (Wildman–Crippen LogP) is 4.75. The first-order valence-corrected chi connectivity index (χ1v) is 6.73. The third kappa shape index (κ3) is 3.55. The van der Waals surface area contributed by atoms with Crippen molar-refractivity contribution in [1.82, 2.24) is 4.98 Å². The largest absolute Gasteiger partial charge is 0.264 e. The second kappa shape index (κ2) is 6.39. The zero-order valence-electron chi connectivity index (χ0n) is 10.7. The standard InChI is InChI=1S/C16H21N/c1-2-3-4-5-6-7-14-8-9-15-10-11-17-13-16(15)12-14/h8-13H,2-7H2,1H3. The van der Waals surface area contributed by atoms with Crippen LogP contribution in [0.1, 0.15) is 44.6 Å². The second-order valence-electron chi connectivity index (χ2n) is 4.72. The summed E-state index contributed by atoms with van der Waals surface area (Å²) in [5.74, 6) is 0. The molecule has 1 nitrogen and oxygen atoms in total.